The maximum atomic E-state index is 8.58. The molecule has 1 amide bonds. The first-order valence-corrected chi connectivity index (χ1v) is 15.0. The number of fused-ring (bicyclic) bond motifs is 1. The number of rotatable bonds is 12. The summed E-state index contributed by atoms with van der Waals surface area (Å²) in [7, 11) is 2.16. The Kier molecular flexibility index (Phi) is 11.1. The average molecular weight is 515 g/mol. The molecule has 1 saturated carbocycles. The number of nitrogens with zero attached hydrogens (tertiary/aromatic N) is 2. The van der Waals surface area contributed by atoms with Crippen molar-refractivity contribution in [2.75, 3.05) is 47.9 Å². The third-order valence-electron chi connectivity index (χ3n) is 7.28. The highest BCUT2D eigenvalue weighted by molar-refractivity contribution is 8.00. The van der Waals surface area contributed by atoms with Crippen LogP contribution in [-0.4, -0.2) is 45.1 Å². The first kappa shape index (κ1) is 27.8. The topological polar surface area (TPSA) is 75.6 Å². The number of hydrogen-bond acceptors (Lipinski definition) is 6. The molecule has 2 fully saturated rings. The molecule has 1 aliphatic carbocycles. The van der Waals surface area contributed by atoms with Crippen LogP contribution >= 0.6 is 23.7 Å². The van der Waals surface area contributed by atoms with E-state index in [0.29, 0.717) is 0 Å². The van der Waals surface area contributed by atoms with Gasteiger partial charge in [0.25, 0.3) is 0 Å². The molecular weight excluding hydrogens is 472 g/mol. The number of amides is 1. The lowest BCUT2D eigenvalue weighted by Crippen LogP contribution is -2.25. The molecule has 2 aliphatic rings. The van der Waals surface area contributed by atoms with E-state index >= 15 is 0 Å². The molecule has 2 aromatic rings. The van der Waals surface area contributed by atoms with Crippen LogP contribution < -0.4 is 20.7 Å². The van der Waals surface area contributed by atoms with Gasteiger partial charge in [-0.25, -0.2) is 0 Å². The predicted octanol–water partition coefficient (Wildman–Crippen LogP) is 5.87. The molecule has 5 nitrogen and oxygen atoms in total. The van der Waals surface area contributed by atoms with Gasteiger partial charge in [-0.05, 0) is 72.4 Å². The van der Waals surface area contributed by atoms with Crippen LogP contribution in [0.15, 0.2) is 47.4 Å². The second-order valence-corrected chi connectivity index (χ2v) is 11.5. The van der Waals surface area contributed by atoms with E-state index < -0.39 is 0 Å². The van der Waals surface area contributed by atoms with Crippen LogP contribution in [0.2, 0.25) is 0 Å². The van der Waals surface area contributed by atoms with E-state index in [0.717, 1.165) is 37.4 Å². The summed E-state index contributed by atoms with van der Waals surface area (Å²) in [5.41, 5.74) is 15.3. The minimum absolute atomic E-state index is 0.250. The summed E-state index contributed by atoms with van der Waals surface area (Å²) < 4.78 is 2.27. The Balaban J connectivity index is 0.00000108. The van der Waals surface area contributed by atoms with Crippen LogP contribution in [0, 0.1) is 17.8 Å². The summed E-state index contributed by atoms with van der Waals surface area (Å²) in [6.45, 7) is 5.46. The van der Waals surface area contributed by atoms with Crippen molar-refractivity contribution in [1.82, 2.24) is 0 Å². The van der Waals surface area contributed by atoms with Gasteiger partial charge in [0.1, 0.15) is 0 Å². The van der Waals surface area contributed by atoms with Gasteiger partial charge < -0.3 is 20.7 Å². The molecular formula is C28H42N4OS2. The molecule has 1 heterocycles. The van der Waals surface area contributed by atoms with Gasteiger partial charge in [-0.1, -0.05) is 56.7 Å². The molecule has 4 rings (SSSR count). The van der Waals surface area contributed by atoms with Crippen molar-refractivity contribution in [1.29, 1.82) is 0 Å². The highest BCUT2D eigenvalue weighted by Gasteiger charge is 2.54. The Morgan fingerprint density at radius 3 is 2.31 bits per heavy atom. The molecule has 4 N–H and O–H groups in total. The van der Waals surface area contributed by atoms with Crippen molar-refractivity contribution < 1.29 is 4.79 Å². The van der Waals surface area contributed by atoms with Crippen LogP contribution in [0.1, 0.15) is 39.0 Å². The molecule has 7 heteroatoms. The van der Waals surface area contributed by atoms with Crippen molar-refractivity contribution in [3.63, 3.8) is 0 Å². The number of carbonyl (C=O) groups excluding carboxylic acids is 1. The van der Waals surface area contributed by atoms with Gasteiger partial charge in [-0.15, -0.1) is 11.8 Å². The van der Waals surface area contributed by atoms with Crippen LogP contribution in [0.5, 0.6) is 0 Å². The number of benzene rings is 2. The Hall–Kier alpha value is -1.83. The SMILES string of the molecule is CCCCCCCSc1ccc(-c2cc(N3CC4C(CN)C4C3)ccc2N(C)SC)cc1.NC=O. The van der Waals surface area contributed by atoms with Crippen LogP contribution in [-0.2, 0) is 4.79 Å². The molecule has 0 aromatic heterocycles. The van der Waals surface area contributed by atoms with E-state index in [1.54, 1.807) is 11.9 Å². The van der Waals surface area contributed by atoms with Gasteiger partial charge in [0.05, 0.1) is 5.69 Å². The van der Waals surface area contributed by atoms with Crippen molar-refractivity contribution >= 4 is 41.5 Å². The Morgan fingerprint density at radius 2 is 1.71 bits per heavy atom. The Morgan fingerprint density at radius 1 is 1.06 bits per heavy atom. The van der Waals surface area contributed by atoms with Crippen LogP contribution in [0.25, 0.3) is 11.1 Å². The fourth-order valence-corrected chi connectivity index (χ4v) is 6.43. The number of piperidine rings is 1. The normalized spacial score (nSPS) is 20.1. The Bertz CT molecular complexity index is 912. The predicted molar refractivity (Wildman–Crippen MR) is 155 cm³/mol. The minimum Gasteiger partial charge on any atom is -0.372 e. The van der Waals surface area contributed by atoms with Gasteiger partial charge in [-0.2, -0.15) is 0 Å². The third-order valence-corrected chi connectivity index (χ3v) is 9.13. The first-order chi connectivity index (χ1) is 17.1. The van der Waals surface area contributed by atoms with Crippen LogP contribution in [0.4, 0.5) is 11.4 Å². The standard InChI is InChI=1S/C27H39N3S2.CH3NO/c1-4-5-6-7-8-15-32-22-12-9-20(10-13-22)23-16-21(11-14-27(23)29(2)31-3)30-18-25-24(17-28)26(25)19-30;2-1-3/h9-14,16,24-26H,4-8,15,17-19,28H2,1-3H3;1H,(H2,2,3). The second-order valence-electron chi connectivity index (χ2n) is 9.44. The third kappa shape index (κ3) is 7.34. The summed E-state index contributed by atoms with van der Waals surface area (Å²) in [6.07, 6.45) is 9.14. The number of nitrogens with two attached hydrogens (primary N) is 2. The highest BCUT2D eigenvalue weighted by Crippen LogP contribution is 2.52. The number of anilines is 2. The second kappa shape index (κ2) is 14.0. The molecule has 2 atom stereocenters. The average Bonchev–Trinajstić information content (AvgIpc) is 3.36. The fourth-order valence-electron chi connectivity index (χ4n) is 5.16. The minimum atomic E-state index is 0.250. The fraction of sp³-hybridized carbons (Fsp3) is 0.536. The Labute approximate surface area is 220 Å². The van der Waals surface area contributed by atoms with Gasteiger partial charge in [-0.3, -0.25) is 4.79 Å². The van der Waals surface area contributed by atoms with E-state index in [1.807, 2.05) is 11.8 Å². The van der Waals surface area contributed by atoms with E-state index in [4.69, 9.17) is 10.5 Å². The lowest BCUT2D eigenvalue weighted by molar-refractivity contribution is -0.106. The molecule has 35 heavy (non-hydrogen) atoms. The summed E-state index contributed by atoms with van der Waals surface area (Å²) in [5, 5.41) is 0. The summed E-state index contributed by atoms with van der Waals surface area (Å²) in [5.74, 6) is 3.62. The van der Waals surface area contributed by atoms with Gasteiger partial charge in [0.2, 0.25) is 6.41 Å². The zero-order valence-electron chi connectivity index (χ0n) is 21.5. The maximum absolute atomic E-state index is 8.58. The summed E-state index contributed by atoms with van der Waals surface area (Å²) in [6, 6.07) is 16.2. The lowest BCUT2D eigenvalue weighted by atomic mass is 10.0. The zero-order chi connectivity index (χ0) is 25.2. The molecule has 1 saturated heterocycles. The number of primary amides is 1. The van der Waals surface area contributed by atoms with Crippen molar-refractivity contribution in [3.05, 3.63) is 42.5 Å². The van der Waals surface area contributed by atoms with Gasteiger partial charge in [0.15, 0.2) is 0 Å². The molecule has 1 aliphatic heterocycles. The van der Waals surface area contributed by atoms with Crippen molar-refractivity contribution in [2.45, 2.75) is 43.9 Å². The molecule has 192 valence electrons. The number of carbonyl (C=O) groups is 1. The van der Waals surface area contributed by atoms with Crippen molar-refractivity contribution in [3.8, 4) is 11.1 Å². The molecule has 2 aromatic carbocycles. The zero-order valence-corrected chi connectivity index (χ0v) is 23.1. The van der Waals surface area contributed by atoms with Gasteiger partial charge in [0, 0.05) is 42.5 Å². The lowest BCUT2D eigenvalue weighted by Gasteiger charge is -2.26. The van der Waals surface area contributed by atoms with E-state index in [1.165, 1.54) is 65.3 Å². The van der Waals surface area contributed by atoms with E-state index in [9.17, 15) is 0 Å². The van der Waals surface area contributed by atoms with Crippen LogP contribution in [0.3, 0.4) is 0 Å². The van der Waals surface area contributed by atoms with Crippen molar-refractivity contribution in [2.24, 2.45) is 29.2 Å². The molecule has 2 unspecified atom stereocenters. The monoisotopic (exact) mass is 514 g/mol. The highest BCUT2D eigenvalue weighted by atomic mass is 32.2. The molecule has 0 spiro atoms. The number of thioether (sulfide) groups is 1. The summed E-state index contributed by atoms with van der Waals surface area (Å²) >= 11 is 3.75. The number of unbranched alkanes of at least 4 members (excludes halogenated alkanes) is 4. The molecule has 0 bridgehead atoms. The quantitative estimate of drug-likeness (QED) is 0.160. The molecule has 0 radical (unpaired) electrons. The smallest absolute Gasteiger partial charge is 0.204 e. The van der Waals surface area contributed by atoms with Gasteiger partial charge >= 0.3 is 0 Å². The van der Waals surface area contributed by atoms with E-state index in [2.05, 4.69) is 77.6 Å². The largest absolute Gasteiger partial charge is 0.372 e. The summed E-state index contributed by atoms with van der Waals surface area (Å²) in [4.78, 5) is 12.5. The number of hydrogen-bond donors (Lipinski definition) is 2. The first-order valence-electron chi connectivity index (χ1n) is 12.8. The van der Waals surface area contributed by atoms with E-state index in [-0.39, 0.29) is 6.41 Å². The maximum Gasteiger partial charge on any atom is 0.204 e.